The molecule has 2 rings (SSSR count). The monoisotopic (exact) mass is 421 g/mol. The number of urea groups is 1. The third-order valence-electron chi connectivity index (χ3n) is 6.45. The van der Waals surface area contributed by atoms with E-state index >= 15 is 0 Å². The molecule has 172 valence electrons. The molecule has 0 aromatic carbocycles. The Morgan fingerprint density at radius 3 is 2.37 bits per heavy atom. The smallest absolute Gasteiger partial charge is 0.410 e. The summed E-state index contributed by atoms with van der Waals surface area (Å²) in [5.41, 5.74) is -0.916. The summed E-state index contributed by atoms with van der Waals surface area (Å²) in [6.45, 7) is 14.5. The number of carbonyl (C=O) groups excluding carboxylic acids is 2. The van der Waals surface area contributed by atoms with Gasteiger partial charge in [-0.25, -0.2) is 9.59 Å². The number of carbonyl (C=O) groups is 2. The molecule has 6 heteroatoms. The fourth-order valence-corrected chi connectivity index (χ4v) is 4.55. The van der Waals surface area contributed by atoms with Gasteiger partial charge < -0.3 is 19.9 Å². The van der Waals surface area contributed by atoms with Gasteiger partial charge in [-0.05, 0) is 58.8 Å². The number of hydrogen-bond donors (Lipinski definition) is 1. The van der Waals surface area contributed by atoms with Crippen molar-refractivity contribution in [1.29, 1.82) is 0 Å². The van der Waals surface area contributed by atoms with E-state index in [1.807, 2.05) is 31.7 Å². The van der Waals surface area contributed by atoms with Crippen LogP contribution in [0.4, 0.5) is 9.59 Å². The molecular weight excluding hydrogens is 378 g/mol. The van der Waals surface area contributed by atoms with E-state index in [4.69, 9.17) is 4.74 Å². The van der Waals surface area contributed by atoms with Crippen molar-refractivity contribution < 1.29 is 14.3 Å². The Bertz CT molecular complexity index is 571. The Kier molecular flexibility index (Phi) is 9.05. The van der Waals surface area contributed by atoms with Crippen molar-refractivity contribution in [2.24, 2.45) is 5.92 Å². The Hall–Kier alpha value is -1.72. The first kappa shape index (κ1) is 24.5. The van der Waals surface area contributed by atoms with Crippen LogP contribution in [0.1, 0.15) is 85.5 Å². The lowest BCUT2D eigenvalue weighted by molar-refractivity contribution is 0.00971. The minimum absolute atomic E-state index is 0.0136. The molecule has 0 aromatic heterocycles. The van der Waals surface area contributed by atoms with Gasteiger partial charge in [-0.1, -0.05) is 38.7 Å². The lowest BCUT2D eigenvalue weighted by Crippen LogP contribution is -2.60. The molecule has 0 atom stereocenters. The van der Waals surface area contributed by atoms with E-state index in [0.29, 0.717) is 38.4 Å². The average Bonchev–Trinajstić information content (AvgIpc) is 2.72. The Morgan fingerprint density at radius 2 is 1.83 bits per heavy atom. The zero-order valence-electron chi connectivity index (χ0n) is 19.7. The Morgan fingerprint density at radius 1 is 1.20 bits per heavy atom. The summed E-state index contributed by atoms with van der Waals surface area (Å²) in [5.74, 6) is 0.601. The third kappa shape index (κ3) is 6.92. The van der Waals surface area contributed by atoms with E-state index in [9.17, 15) is 9.59 Å². The normalized spacial score (nSPS) is 19.8. The van der Waals surface area contributed by atoms with Crippen LogP contribution in [0.2, 0.25) is 0 Å². The van der Waals surface area contributed by atoms with Crippen molar-refractivity contribution in [2.45, 2.75) is 96.6 Å². The quantitative estimate of drug-likeness (QED) is 0.565. The van der Waals surface area contributed by atoms with Gasteiger partial charge in [0.25, 0.3) is 0 Å². The van der Waals surface area contributed by atoms with E-state index < -0.39 is 11.1 Å². The summed E-state index contributed by atoms with van der Waals surface area (Å²) in [5, 5.41) is 3.22. The minimum atomic E-state index is -0.504. The highest BCUT2D eigenvalue weighted by Crippen LogP contribution is 2.32. The fourth-order valence-electron chi connectivity index (χ4n) is 4.55. The largest absolute Gasteiger partial charge is 0.444 e. The number of ether oxygens (including phenoxy) is 1. The van der Waals surface area contributed by atoms with E-state index in [-0.39, 0.29) is 12.1 Å². The van der Waals surface area contributed by atoms with Crippen LogP contribution in [0, 0.1) is 5.92 Å². The van der Waals surface area contributed by atoms with Gasteiger partial charge >= 0.3 is 12.1 Å². The first-order chi connectivity index (χ1) is 14.2. The van der Waals surface area contributed by atoms with Crippen LogP contribution in [0.3, 0.4) is 0 Å². The van der Waals surface area contributed by atoms with E-state index in [2.05, 4.69) is 18.8 Å². The first-order valence-corrected chi connectivity index (χ1v) is 11.9. The number of nitrogens with one attached hydrogen (secondary N) is 1. The maximum absolute atomic E-state index is 13.2. The van der Waals surface area contributed by atoms with Crippen LogP contribution in [0.25, 0.3) is 0 Å². The topological polar surface area (TPSA) is 61.9 Å². The number of hydrogen-bond acceptors (Lipinski definition) is 3. The predicted octanol–water partition coefficient (Wildman–Crippen LogP) is 5.33. The van der Waals surface area contributed by atoms with Crippen LogP contribution in [-0.4, -0.2) is 59.2 Å². The second-order valence-corrected chi connectivity index (χ2v) is 9.97. The molecule has 0 spiro atoms. The number of rotatable bonds is 7. The Balaban J connectivity index is 2.01. The second-order valence-electron chi connectivity index (χ2n) is 9.97. The molecule has 1 heterocycles. The highest BCUT2D eigenvalue weighted by atomic mass is 16.6. The van der Waals surface area contributed by atoms with Gasteiger partial charge in [-0.15, -0.1) is 6.58 Å². The van der Waals surface area contributed by atoms with E-state index in [1.54, 1.807) is 4.90 Å². The number of piperidine rings is 1. The third-order valence-corrected chi connectivity index (χ3v) is 6.45. The summed E-state index contributed by atoms with van der Waals surface area (Å²) < 4.78 is 5.53. The zero-order valence-corrected chi connectivity index (χ0v) is 19.7. The van der Waals surface area contributed by atoms with Gasteiger partial charge in [-0.2, -0.15) is 0 Å². The van der Waals surface area contributed by atoms with Gasteiger partial charge in [0, 0.05) is 26.2 Å². The molecule has 2 aliphatic rings. The van der Waals surface area contributed by atoms with Crippen LogP contribution in [0.5, 0.6) is 0 Å². The van der Waals surface area contributed by atoms with Crippen LogP contribution in [0.15, 0.2) is 12.7 Å². The van der Waals surface area contributed by atoms with Crippen LogP contribution < -0.4 is 5.32 Å². The Labute approximate surface area is 183 Å². The number of amides is 3. The van der Waals surface area contributed by atoms with E-state index in [1.165, 1.54) is 32.1 Å². The summed E-state index contributed by atoms with van der Waals surface area (Å²) in [7, 11) is 0. The number of nitrogens with zero attached hydrogens (tertiary/aromatic N) is 2. The second kappa shape index (κ2) is 11.1. The average molecular weight is 422 g/mol. The summed E-state index contributed by atoms with van der Waals surface area (Å²) in [6, 6.07) is 0.0136. The summed E-state index contributed by atoms with van der Waals surface area (Å²) in [6.07, 6.45) is 11.3. The van der Waals surface area contributed by atoms with E-state index in [0.717, 1.165) is 19.4 Å². The van der Waals surface area contributed by atoms with Crippen molar-refractivity contribution in [3.63, 3.8) is 0 Å². The molecule has 30 heavy (non-hydrogen) atoms. The molecule has 0 radical (unpaired) electrons. The molecule has 1 saturated carbocycles. The van der Waals surface area contributed by atoms with Crippen molar-refractivity contribution in [1.82, 2.24) is 15.1 Å². The SMILES string of the molecule is C=CC1(N(CCCC)C(=O)NCC2CCCCC2)CCN(C(=O)OC(C)(C)C)CC1. The summed E-state index contributed by atoms with van der Waals surface area (Å²) >= 11 is 0. The minimum Gasteiger partial charge on any atom is -0.444 e. The predicted molar refractivity (Wildman–Crippen MR) is 122 cm³/mol. The first-order valence-electron chi connectivity index (χ1n) is 11.9. The highest BCUT2D eigenvalue weighted by molar-refractivity contribution is 5.75. The lowest BCUT2D eigenvalue weighted by Gasteiger charge is -2.47. The molecule has 1 saturated heterocycles. The number of likely N-dealkylation sites (tertiary alicyclic amines) is 1. The lowest BCUT2D eigenvalue weighted by atomic mass is 9.85. The molecule has 2 fully saturated rings. The summed E-state index contributed by atoms with van der Waals surface area (Å²) in [4.78, 5) is 29.4. The van der Waals surface area contributed by atoms with Gasteiger partial charge in [-0.3, -0.25) is 0 Å². The van der Waals surface area contributed by atoms with Crippen molar-refractivity contribution in [2.75, 3.05) is 26.2 Å². The van der Waals surface area contributed by atoms with Gasteiger partial charge in [0.15, 0.2) is 0 Å². The van der Waals surface area contributed by atoms with Gasteiger partial charge in [0.05, 0.1) is 5.54 Å². The molecule has 0 aromatic rings. The van der Waals surface area contributed by atoms with Gasteiger partial charge in [0.2, 0.25) is 0 Å². The van der Waals surface area contributed by atoms with Crippen LogP contribution >= 0.6 is 0 Å². The molecular formula is C24H43N3O3. The molecule has 0 bridgehead atoms. The maximum atomic E-state index is 13.2. The fraction of sp³-hybridized carbons (Fsp3) is 0.833. The highest BCUT2D eigenvalue weighted by Gasteiger charge is 2.41. The van der Waals surface area contributed by atoms with Gasteiger partial charge in [0.1, 0.15) is 5.60 Å². The molecule has 1 aliphatic heterocycles. The maximum Gasteiger partial charge on any atom is 0.410 e. The zero-order chi connectivity index (χ0) is 22.2. The standard InChI is InChI=1S/C24H43N3O3/c1-6-8-16-27(21(28)25-19-20-12-10-9-11-13-20)24(7-2)14-17-26(18-15-24)22(29)30-23(3,4)5/h7,20H,2,6,8-19H2,1,3-5H3,(H,25,28). The van der Waals surface area contributed by atoms with Crippen molar-refractivity contribution in [3.8, 4) is 0 Å². The molecule has 0 unspecified atom stereocenters. The molecule has 3 amide bonds. The number of unbranched alkanes of at least 4 members (excludes halogenated alkanes) is 1. The van der Waals surface area contributed by atoms with Crippen molar-refractivity contribution >= 4 is 12.1 Å². The van der Waals surface area contributed by atoms with Crippen molar-refractivity contribution in [3.05, 3.63) is 12.7 Å². The molecule has 1 N–H and O–H groups in total. The van der Waals surface area contributed by atoms with Crippen LogP contribution in [-0.2, 0) is 4.74 Å². The molecule has 6 nitrogen and oxygen atoms in total. The molecule has 1 aliphatic carbocycles.